The van der Waals surface area contributed by atoms with Gasteiger partial charge in [0, 0.05) is 19.8 Å². The fourth-order valence-corrected chi connectivity index (χ4v) is 3.64. The maximum Gasteiger partial charge on any atom is 0.214 e. The third kappa shape index (κ3) is 3.64. The number of hydrogen-bond acceptors (Lipinski definition) is 5. The SMILES string of the molecule is CC1(C)OCC(CNS(=O)(=O)C2CCOCC2)O1. The molecule has 0 bridgehead atoms. The van der Waals surface area contributed by atoms with Gasteiger partial charge in [-0.15, -0.1) is 0 Å². The highest BCUT2D eigenvalue weighted by Gasteiger charge is 2.34. The Morgan fingerprint density at radius 2 is 1.94 bits per heavy atom. The molecular formula is C11H21NO5S. The molecule has 1 N–H and O–H groups in total. The molecule has 7 heteroatoms. The first-order chi connectivity index (χ1) is 8.39. The Hall–Kier alpha value is -0.210. The molecule has 0 aromatic rings. The highest BCUT2D eigenvalue weighted by molar-refractivity contribution is 7.90. The Bertz CT molecular complexity index is 375. The van der Waals surface area contributed by atoms with Crippen molar-refractivity contribution in [2.24, 2.45) is 0 Å². The van der Waals surface area contributed by atoms with E-state index in [1.807, 2.05) is 13.8 Å². The number of ether oxygens (including phenoxy) is 3. The van der Waals surface area contributed by atoms with Gasteiger partial charge in [0.2, 0.25) is 10.0 Å². The quantitative estimate of drug-likeness (QED) is 0.798. The summed E-state index contributed by atoms with van der Waals surface area (Å²) in [5, 5.41) is -0.346. The smallest absolute Gasteiger partial charge is 0.214 e. The summed E-state index contributed by atoms with van der Waals surface area (Å²) in [7, 11) is -3.27. The maximum absolute atomic E-state index is 12.0. The summed E-state index contributed by atoms with van der Waals surface area (Å²) in [4.78, 5) is 0. The van der Waals surface area contributed by atoms with Crippen molar-refractivity contribution in [2.45, 2.75) is 43.8 Å². The van der Waals surface area contributed by atoms with Crippen molar-refractivity contribution < 1.29 is 22.6 Å². The fourth-order valence-electron chi connectivity index (χ4n) is 2.18. The molecular weight excluding hydrogens is 258 g/mol. The summed E-state index contributed by atoms with van der Waals surface area (Å²) >= 11 is 0. The summed E-state index contributed by atoms with van der Waals surface area (Å²) in [6, 6.07) is 0. The molecule has 0 radical (unpaired) electrons. The summed E-state index contributed by atoms with van der Waals surface area (Å²) < 4.78 is 42.8. The zero-order valence-corrected chi connectivity index (χ0v) is 11.7. The van der Waals surface area contributed by atoms with Gasteiger partial charge in [-0.1, -0.05) is 0 Å². The van der Waals surface area contributed by atoms with Crippen molar-refractivity contribution in [1.82, 2.24) is 4.72 Å². The van der Waals surface area contributed by atoms with Gasteiger partial charge in [-0.05, 0) is 26.7 Å². The first-order valence-corrected chi connectivity index (χ1v) is 7.82. The second-order valence-electron chi connectivity index (χ2n) is 5.16. The molecule has 0 aromatic carbocycles. The highest BCUT2D eigenvalue weighted by atomic mass is 32.2. The topological polar surface area (TPSA) is 73.9 Å². The summed E-state index contributed by atoms with van der Waals surface area (Å²) in [5.74, 6) is -0.616. The van der Waals surface area contributed by atoms with Crippen LogP contribution in [0.1, 0.15) is 26.7 Å². The van der Waals surface area contributed by atoms with Crippen LogP contribution in [0.15, 0.2) is 0 Å². The van der Waals surface area contributed by atoms with E-state index in [0.29, 0.717) is 32.7 Å². The zero-order valence-electron chi connectivity index (χ0n) is 10.8. The molecule has 106 valence electrons. The van der Waals surface area contributed by atoms with Crippen molar-refractivity contribution >= 4 is 10.0 Å². The first kappa shape index (κ1) is 14.2. The van der Waals surface area contributed by atoms with E-state index in [9.17, 15) is 8.42 Å². The van der Waals surface area contributed by atoms with E-state index >= 15 is 0 Å². The molecule has 2 fully saturated rings. The van der Waals surface area contributed by atoms with Crippen LogP contribution in [0.25, 0.3) is 0 Å². The summed E-state index contributed by atoms with van der Waals surface area (Å²) in [6.07, 6.45) is 0.903. The molecule has 0 spiro atoms. The lowest BCUT2D eigenvalue weighted by molar-refractivity contribution is -0.137. The van der Waals surface area contributed by atoms with Crippen molar-refractivity contribution in [3.8, 4) is 0 Å². The Kier molecular flexibility index (Phi) is 4.28. The van der Waals surface area contributed by atoms with Gasteiger partial charge in [0.1, 0.15) is 0 Å². The van der Waals surface area contributed by atoms with Gasteiger partial charge < -0.3 is 14.2 Å². The number of rotatable bonds is 4. The lowest BCUT2D eigenvalue weighted by atomic mass is 10.2. The third-order valence-electron chi connectivity index (χ3n) is 3.19. The Morgan fingerprint density at radius 3 is 2.50 bits per heavy atom. The van der Waals surface area contributed by atoms with Crippen LogP contribution in [-0.2, 0) is 24.2 Å². The van der Waals surface area contributed by atoms with Gasteiger partial charge in [0.05, 0.1) is 18.0 Å². The summed E-state index contributed by atoms with van der Waals surface area (Å²) in [5.41, 5.74) is 0. The van der Waals surface area contributed by atoms with E-state index in [1.165, 1.54) is 0 Å². The van der Waals surface area contributed by atoms with Crippen LogP contribution in [0.4, 0.5) is 0 Å². The molecule has 6 nitrogen and oxygen atoms in total. The lowest BCUT2D eigenvalue weighted by Crippen LogP contribution is -2.42. The third-order valence-corrected chi connectivity index (χ3v) is 5.10. The van der Waals surface area contributed by atoms with Gasteiger partial charge >= 0.3 is 0 Å². The Morgan fingerprint density at radius 1 is 1.28 bits per heavy atom. The van der Waals surface area contributed by atoms with Crippen LogP contribution in [-0.4, -0.2) is 51.9 Å². The average Bonchev–Trinajstić information content (AvgIpc) is 2.68. The molecule has 0 saturated carbocycles. The lowest BCUT2D eigenvalue weighted by Gasteiger charge is -2.23. The molecule has 1 atom stereocenters. The van der Waals surface area contributed by atoms with Crippen LogP contribution >= 0.6 is 0 Å². The van der Waals surface area contributed by atoms with Crippen LogP contribution in [0, 0.1) is 0 Å². The molecule has 0 aromatic heterocycles. The van der Waals surface area contributed by atoms with Crippen molar-refractivity contribution in [3.63, 3.8) is 0 Å². The molecule has 2 saturated heterocycles. The molecule has 2 aliphatic rings. The molecule has 18 heavy (non-hydrogen) atoms. The molecule has 1 unspecified atom stereocenters. The minimum atomic E-state index is -3.27. The largest absolute Gasteiger partial charge is 0.381 e. The van der Waals surface area contributed by atoms with E-state index in [1.54, 1.807) is 0 Å². The van der Waals surface area contributed by atoms with E-state index in [-0.39, 0.29) is 17.9 Å². The van der Waals surface area contributed by atoms with E-state index < -0.39 is 15.8 Å². The maximum atomic E-state index is 12.0. The van der Waals surface area contributed by atoms with Gasteiger partial charge in [-0.3, -0.25) is 0 Å². The zero-order chi connectivity index (χ0) is 13.2. The molecule has 2 aliphatic heterocycles. The first-order valence-electron chi connectivity index (χ1n) is 6.27. The highest BCUT2D eigenvalue weighted by Crippen LogP contribution is 2.22. The van der Waals surface area contributed by atoms with Crippen molar-refractivity contribution in [2.75, 3.05) is 26.4 Å². The standard InChI is InChI=1S/C11H21NO5S/c1-11(2)16-8-9(17-11)7-12-18(13,14)10-3-5-15-6-4-10/h9-10,12H,3-8H2,1-2H3. The van der Waals surface area contributed by atoms with Crippen LogP contribution < -0.4 is 4.72 Å². The summed E-state index contributed by atoms with van der Waals surface area (Å²) in [6.45, 7) is 5.36. The molecule has 2 rings (SSSR count). The van der Waals surface area contributed by atoms with Gasteiger partial charge in [-0.2, -0.15) is 0 Å². The number of nitrogens with one attached hydrogen (secondary N) is 1. The Balaban J connectivity index is 1.82. The van der Waals surface area contributed by atoms with Crippen LogP contribution in [0.3, 0.4) is 0 Å². The minimum absolute atomic E-state index is 0.213. The predicted molar refractivity (Wildman–Crippen MR) is 65.7 cm³/mol. The van der Waals surface area contributed by atoms with Gasteiger partial charge in [0.15, 0.2) is 5.79 Å². The van der Waals surface area contributed by atoms with E-state index in [4.69, 9.17) is 14.2 Å². The van der Waals surface area contributed by atoms with Crippen LogP contribution in [0.2, 0.25) is 0 Å². The van der Waals surface area contributed by atoms with Crippen molar-refractivity contribution in [1.29, 1.82) is 0 Å². The number of hydrogen-bond donors (Lipinski definition) is 1. The average molecular weight is 279 g/mol. The second-order valence-corrected chi connectivity index (χ2v) is 7.20. The number of sulfonamides is 1. The van der Waals surface area contributed by atoms with Gasteiger partial charge in [-0.25, -0.2) is 13.1 Å². The normalized spacial score (nSPS) is 29.6. The second kappa shape index (κ2) is 5.42. The van der Waals surface area contributed by atoms with Gasteiger partial charge in [0.25, 0.3) is 0 Å². The van der Waals surface area contributed by atoms with E-state index in [2.05, 4.69) is 4.72 Å². The minimum Gasteiger partial charge on any atom is -0.381 e. The molecule has 0 amide bonds. The molecule has 0 aliphatic carbocycles. The predicted octanol–water partition coefficient (Wildman–Crippen LogP) is 0.236. The molecule has 2 heterocycles. The fraction of sp³-hybridized carbons (Fsp3) is 1.00. The van der Waals surface area contributed by atoms with E-state index in [0.717, 1.165) is 0 Å². The van der Waals surface area contributed by atoms with Crippen LogP contribution in [0.5, 0.6) is 0 Å². The Labute approximate surface area is 108 Å². The van der Waals surface area contributed by atoms with Crippen molar-refractivity contribution in [3.05, 3.63) is 0 Å². The monoisotopic (exact) mass is 279 g/mol.